The van der Waals surface area contributed by atoms with Crippen molar-refractivity contribution in [2.24, 2.45) is 0 Å². The Bertz CT molecular complexity index is 896. The molecule has 3 aromatic rings. The molecule has 0 fully saturated rings. The van der Waals surface area contributed by atoms with E-state index in [1.54, 1.807) is 24.5 Å². The summed E-state index contributed by atoms with van der Waals surface area (Å²) in [7, 11) is 0. The lowest BCUT2D eigenvalue weighted by molar-refractivity contribution is -0.116. The number of carbonyl (C=O) groups excluding carboxylic acids is 1. The van der Waals surface area contributed by atoms with Crippen LogP contribution in [-0.4, -0.2) is 15.5 Å². The summed E-state index contributed by atoms with van der Waals surface area (Å²) in [6.45, 7) is 0.484. The van der Waals surface area contributed by atoms with Crippen molar-refractivity contribution in [2.75, 3.05) is 5.32 Å². The molecule has 0 unspecified atom stereocenters. The van der Waals surface area contributed by atoms with Gasteiger partial charge in [-0.15, -0.1) is 0 Å². The number of para-hydroxylation sites is 1. The first-order chi connectivity index (χ1) is 12.7. The predicted molar refractivity (Wildman–Crippen MR) is 97.7 cm³/mol. The second-order valence-corrected chi connectivity index (χ2v) is 5.61. The summed E-state index contributed by atoms with van der Waals surface area (Å²) in [6, 6.07) is 18.8. The maximum absolute atomic E-state index is 12.1. The summed E-state index contributed by atoms with van der Waals surface area (Å²) in [6.07, 6.45) is 3.94. The highest BCUT2D eigenvalue weighted by Gasteiger charge is 2.07. The Morgan fingerprint density at radius 3 is 2.58 bits per heavy atom. The van der Waals surface area contributed by atoms with Crippen LogP contribution < -0.4 is 10.1 Å². The number of aromatic nitrogens is 2. The van der Waals surface area contributed by atoms with E-state index in [0.29, 0.717) is 30.2 Å². The van der Waals surface area contributed by atoms with Crippen molar-refractivity contribution >= 4 is 11.6 Å². The normalized spacial score (nSPS) is 10.1. The third-order valence-electron chi connectivity index (χ3n) is 3.74. The number of benzene rings is 2. The molecular weight excluding hydrogens is 328 g/mol. The van der Waals surface area contributed by atoms with E-state index >= 15 is 0 Å². The first-order valence-corrected chi connectivity index (χ1v) is 8.24. The van der Waals surface area contributed by atoms with E-state index < -0.39 is 0 Å². The van der Waals surface area contributed by atoms with Crippen LogP contribution in [0, 0.1) is 11.3 Å². The minimum Gasteiger partial charge on any atom is -0.457 e. The molecule has 0 aliphatic carbocycles. The Morgan fingerprint density at radius 2 is 1.85 bits per heavy atom. The molecule has 0 aliphatic heterocycles. The van der Waals surface area contributed by atoms with Gasteiger partial charge in [0.25, 0.3) is 0 Å². The first kappa shape index (κ1) is 17.2. The topological polar surface area (TPSA) is 79.9 Å². The molecule has 1 N–H and O–H groups in total. The van der Waals surface area contributed by atoms with E-state index in [2.05, 4.69) is 16.4 Å². The third-order valence-corrected chi connectivity index (χ3v) is 3.74. The lowest BCUT2D eigenvalue weighted by Gasteiger charge is -2.09. The molecule has 1 heterocycles. The average Bonchev–Trinajstić information content (AvgIpc) is 3.10. The van der Waals surface area contributed by atoms with E-state index in [9.17, 15) is 4.79 Å². The molecule has 0 atom stereocenters. The third kappa shape index (κ3) is 4.71. The number of amides is 1. The molecule has 0 spiro atoms. The zero-order chi connectivity index (χ0) is 18.2. The van der Waals surface area contributed by atoms with Crippen LogP contribution in [-0.2, 0) is 17.8 Å². The average molecular weight is 346 g/mol. The van der Waals surface area contributed by atoms with Crippen molar-refractivity contribution in [3.05, 3.63) is 72.8 Å². The number of anilines is 1. The Morgan fingerprint density at radius 1 is 1.12 bits per heavy atom. The number of nitrogens with one attached hydrogen (secondary N) is 1. The molecule has 0 aliphatic rings. The Kier molecular flexibility index (Phi) is 5.63. The van der Waals surface area contributed by atoms with Gasteiger partial charge in [-0.2, -0.15) is 5.26 Å². The summed E-state index contributed by atoms with van der Waals surface area (Å²) in [5.74, 6) is 2.03. The van der Waals surface area contributed by atoms with Gasteiger partial charge in [-0.05, 0) is 36.4 Å². The molecule has 6 nitrogen and oxygen atoms in total. The highest BCUT2D eigenvalue weighted by Crippen LogP contribution is 2.22. The van der Waals surface area contributed by atoms with Crippen LogP contribution >= 0.6 is 0 Å². The lowest BCUT2D eigenvalue weighted by Crippen LogP contribution is -2.15. The van der Waals surface area contributed by atoms with Gasteiger partial charge in [0.15, 0.2) is 0 Å². The number of nitrogens with zero attached hydrogens (tertiary/aromatic N) is 3. The maximum atomic E-state index is 12.1. The number of aryl methyl sites for hydroxylation is 1. The Hall–Kier alpha value is -3.59. The van der Waals surface area contributed by atoms with E-state index in [0.717, 1.165) is 5.75 Å². The number of nitriles is 1. The van der Waals surface area contributed by atoms with Gasteiger partial charge in [0.05, 0.1) is 12.5 Å². The molecule has 0 bridgehead atoms. The SMILES string of the molecule is N#CCc1nccn1CCC(=O)Nc1ccc(Oc2ccccc2)cc1. The highest BCUT2D eigenvalue weighted by atomic mass is 16.5. The van der Waals surface area contributed by atoms with Crippen LogP contribution in [0.5, 0.6) is 11.5 Å². The van der Waals surface area contributed by atoms with Crippen molar-refractivity contribution in [3.8, 4) is 17.6 Å². The van der Waals surface area contributed by atoms with Crippen LogP contribution in [0.1, 0.15) is 12.2 Å². The maximum Gasteiger partial charge on any atom is 0.226 e. The van der Waals surface area contributed by atoms with Gasteiger partial charge in [-0.25, -0.2) is 4.98 Å². The molecule has 0 saturated carbocycles. The predicted octanol–water partition coefficient (Wildman–Crippen LogP) is 3.77. The number of imidazole rings is 1. The van der Waals surface area contributed by atoms with Gasteiger partial charge in [-0.3, -0.25) is 4.79 Å². The second-order valence-electron chi connectivity index (χ2n) is 5.61. The zero-order valence-electron chi connectivity index (χ0n) is 14.1. The zero-order valence-corrected chi connectivity index (χ0v) is 14.1. The van der Waals surface area contributed by atoms with Crippen molar-refractivity contribution in [1.82, 2.24) is 9.55 Å². The summed E-state index contributed by atoms with van der Waals surface area (Å²) < 4.78 is 7.54. The number of carbonyl (C=O) groups is 1. The van der Waals surface area contributed by atoms with E-state index in [-0.39, 0.29) is 12.3 Å². The summed E-state index contributed by atoms with van der Waals surface area (Å²) in [5, 5.41) is 11.6. The molecule has 0 saturated heterocycles. The molecule has 1 aromatic heterocycles. The largest absolute Gasteiger partial charge is 0.457 e. The lowest BCUT2D eigenvalue weighted by atomic mass is 10.3. The molecule has 0 radical (unpaired) electrons. The van der Waals surface area contributed by atoms with Crippen LogP contribution in [0.15, 0.2) is 67.0 Å². The second kappa shape index (κ2) is 8.49. The van der Waals surface area contributed by atoms with Crippen molar-refractivity contribution in [2.45, 2.75) is 19.4 Å². The molecular formula is C20H18N4O2. The van der Waals surface area contributed by atoms with Crippen molar-refractivity contribution in [1.29, 1.82) is 5.26 Å². The standard InChI is InChI=1S/C20H18N4O2/c21-12-10-19-22-13-15-24(19)14-11-20(25)23-16-6-8-18(9-7-16)26-17-4-2-1-3-5-17/h1-9,13,15H,10-11,14H2,(H,23,25). The number of hydrogen-bond donors (Lipinski definition) is 1. The van der Waals surface area contributed by atoms with Crippen LogP contribution in [0.25, 0.3) is 0 Å². The molecule has 2 aromatic carbocycles. The molecule has 1 amide bonds. The van der Waals surface area contributed by atoms with Crippen LogP contribution in [0.2, 0.25) is 0 Å². The Labute approximate surface area is 151 Å². The van der Waals surface area contributed by atoms with Gasteiger partial charge in [0, 0.05) is 31.0 Å². The fourth-order valence-electron chi connectivity index (χ4n) is 2.46. The van der Waals surface area contributed by atoms with Crippen LogP contribution in [0.4, 0.5) is 5.69 Å². The minimum absolute atomic E-state index is 0.0988. The molecule has 3 rings (SSSR count). The monoisotopic (exact) mass is 346 g/mol. The van der Waals surface area contributed by atoms with E-state index in [1.165, 1.54) is 0 Å². The molecule has 130 valence electrons. The van der Waals surface area contributed by atoms with Gasteiger partial charge < -0.3 is 14.6 Å². The fraction of sp³-hybridized carbons (Fsp3) is 0.150. The summed E-state index contributed by atoms with van der Waals surface area (Å²) >= 11 is 0. The summed E-state index contributed by atoms with van der Waals surface area (Å²) in [5.41, 5.74) is 0.707. The van der Waals surface area contributed by atoms with Crippen molar-refractivity contribution < 1.29 is 9.53 Å². The first-order valence-electron chi connectivity index (χ1n) is 8.24. The smallest absolute Gasteiger partial charge is 0.226 e. The quantitative estimate of drug-likeness (QED) is 0.706. The van der Waals surface area contributed by atoms with E-state index in [1.807, 2.05) is 47.0 Å². The number of rotatable bonds is 7. The highest BCUT2D eigenvalue weighted by molar-refractivity contribution is 5.90. The number of hydrogen-bond acceptors (Lipinski definition) is 4. The van der Waals surface area contributed by atoms with Gasteiger partial charge in [0.2, 0.25) is 5.91 Å². The minimum atomic E-state index is -0.0988. The van der Waals surface area contributed by atoms with Crippen LogP contribution in [0.3, 0.4) is 0 Å². The van der Waals surface area contributed by atoms with Gasteiger partial charge in [0.1, 0.15) is 17.3 Å². The Balaban J connectivity index is 1.51. The number of ether oxygens (including phenoxy) is 1. The fourth-order valence-corrected chi connectivity index (χ4v) is 2.46. The van der Waals surface area contributed by atoms with Gasteiger partial charge in [-0.1, -0.05) is 18.2 Å². The summed E-state index contributed by atoms with van der Waals surface area (Å²) in [4.78, 5) is 16.2. The van der Waals surface area contributed by atoms with Gasteiger partial charge >= 0.3 is 0 Å². The van der Waals surface area contributed by atoms with E-state index in [4.69, 9.17) is 10.00 Å². The molecule has 26 heavy (non-hydrogen) atoms. The van der Waals surface area contributed by atoms with Crippen molar-refractivity contribution in [3.63, 3.8) is 0 Å². The molecule has 6 heteroatoms.